The van der Waals surface area contributed by atoms with Gasteiger partial charge in [0.2, 0.25) is 11.8 Å². The molecule has 0 atom stereocenters. The van der Waals surface area contributed by atoms with Crippen molar-refractivity contribution in [2.24, 2.45) is 5.41 Å². The van der Waals surface area contributed by atoms with E-state index in [-0.39, 0.29) is 17.2 Å². The van der Waals surface area contributed by atoms with Crippen molar-refractivity contribution in [3.63, 3.8) is 0 Å². The highest BCUT2D eigenvalue weighted by Crippen LogP contribution is 2.40. The Morgan fingerprint density at radius 1 is 1.19 bits per heavy atom. The van der Waals surface area contributed by atoms with Crippen molar-refractivity contribution in [3.8, 4) is 0 Å². The number of rotatable bonds is 5. The number of carbonyl (C=O) groups excluding carboxylic acids is 2. The number of likely N-dealkylation sites (tertiary alicyclic amines) is 2. The van der Waals surface area contributed by atoms with E-state index in [0.717, 1.165) is 38.0 Å². The molecule has 0 aromatic heterocycles. The largest absolute Gasteiger partial charge is 0.348 e. The SMILES string of the molecule is CN(C)C(=O)CN1CCC2(CC1)CC(=O)N(CC=Cc1ccccc1)C2. The fraction of sp³-hybridized carbons (Fsp3) is 0.524. The average molecular weight is 355 g/mol. The predicted octanol–water partition coefficient (Wildman–Crippen LogP) is 2.10. The van der Waals surface area contributed by atoms with Crippen LogP contribution in [0, 0.1) is 5.41 Å². The fourth-order valence-corrected chi connectivity index (χ4v) is 3.88. The minimum absolute atomic E-state index is 0.106. The zero-order valence-electron chi connectivity index (χ0n) is 15.9. The van der Waals surface area contributed by atoms with Gasteiger partial charge in [-0.15, -0.1) is 0 Å². The van der Waals surface area contributed by atoms with Crippen molar-refractivity contribution in [2.75, 3.05) is 46.8 Å². The molecular weight excluding hydrogens is 326 g/mol. The van der Waals surface area contributed by atoms with E-state index in [1.807, 2.05) is 23.1 Å². The highest BCUT2D eigenvalue weighted by molar-refractivity contribution is 5.80. The lowest BCUT2D eigenvalue weighted by atomic mass is 9.77. The molecule has 0 aliphatic carbocycles. The van der Waals surface area contributed by atoms with Gasteiger partial charge in [0.15, 0.2) is 0 Å². The molecule has 2 aliphatic heterocycles. The third-order valence-electron chi connectivity index (χ3n) is 5.62. The number of benzene rings is 1. The minimum Gasteiger partial charge on any atom is -0.348 e. The Bertz CT molecular complexity index is 661. The van der Waals surface area contributed by atoms with Gasteiger partial charge in [0.1, 0.15) is 0 Å². The quantitative estimate of drug-likeness (QED) is 0.812. The van der Waals surface area contributed by atoms with Crippen molar-refractivity contribution in [3.05, 3.63) is 42.0 Å². The second-order valence-electron chi connectivity index (χ2n) is 7.83. The fourth-order valence-electron chi connectivity index (χ4n) is 3.88. The summed E-state index contributed by atoms with van der Waals surface area (Å²) in [6.45, 7) is 3.82. The Hall–Kier alpha value is -2.14. The number of likely N-dealkylation sites (N-methyl/N-ethyl adjacent to an activating group) is 1. The van der Waals surface area contributed by atoms with Crippen LogP contribution in [0.3, 0.4) is 0 Å². The Kier molecular flexibility index (Phi) is 5.77. The van der Waals surface area contributed by atoms with Crippen LogP contribution in [0.25, 0.3) is 6.08 Å². The van der Waals surface area contributed by atoms with Gasteiger partial charge in [-0.1, -0.05) is 42.5 Å². The molecule has 26 heavy (non-hydrogen) atoms. The van der Waals surface area contributed by atoms with Crippen molar-refractivity contribution >= 4 is 17.9 Å². The van der Waals surface area contributed by atoms with Crippen LogP contribution in [0.1, 0.15) is 24.8 Å². The minimum atomic E-state index is 0.106. The molecule has 0 saturated carbocycles. The van der Waals surface area contributed by atoms with Crippen molar-refractivity contribution in [1.82, 2.24) is 14.7 Å². The molecule has 1 aromatic carbocycles. The Morgan fingerprint density at radius 3 is 2.54 bits per heavy atom. The number of amides is 2. The number of nitrogens with zero attached hydrogens (tertiary/aromatic N) is 3. The summed E-state index contributed by atoms with van der Waals surface area (Å²) in [6.07, 6.45) is 6.81. The van der Waals surface area contributed by atoms with Gasteiger partial charge in [-0.2, -0.15) is 0 Å². The molecule has 5 heteroatoms. The second kappa shape index (κ2) is 8.04. The van der Waals surface area contributed by atoms with Crippen LogP contribution in [-0.2, 0) is 9.59 Å². The van der Waals surface area contributed by atoms with Crippen LogP contribution < -0.4 is 0 Å². The average Bonchev–Trinajstić information content (AvgIpc) is 2.93. The maximum absolute atomic E-state index is 12.5. The highest BCUT2D eigenvalue weighted by atomic mass is 16.2. The first-order chi connectivity index (χ1) is 12.5. The first-order valence-electron chi connectivity index (χ1n) is 9.39. The molecule has 2 amide bonds. The molecule has 0 radical (unpaired) electrons. The smallest absolute Gasteiger partial charge is 0.236 e. The number of piperidine rings is 1. The normalized spacial score (nSPS) is 20.2. The molecule has 140 valence electrons. The molecule has 1 spiro atoms. The first-order valence-corrected chi connectivity index (χ1v) is 9.39. The molecule has 2 saturated heterocycles. The lowest BCUT2D eigenvalue weighted by molar-refractivity contribution is -0.130. The van der Waals surface area contributed by atoms with Gasteiger partial charge in [0.05, 0.1) is 6.54 Å². The molecule has 0 unspecified atom stereocenters. The third kappa shape index (κ3) is 4.52. The zero-order chi connectivity index (χ0) is 18.6. The van der Waals surface area contributed by atoms with E-state index in [4.69, 9.17) is 0 Å². The lowest BCUT2D eigenvalue weighted by Gasteiger charge is -2.38. The summed E-state index contributed by atoms with van der Waals surface area (Å²) in [5.74, 6) is 0.414. The molecule has 2 fully saturated rings. The molecule has 3 rings (SSSR count). The van der Waals surface area contributed by atoms with Crippen molar-refractivity contribution in [1.29, 1.82) is 0 Å². The van der Waals surface area contributed by atoms with Gasteiger partial charge in [-0.05, 0) is 36.9 Å². The molecule has 5 nitrogen and oxygen atoms in total. The topological polar surface area (TPSA) is 43.9 Å². The maximum Gasteiger partial charge on any atom is 0.236 e. The number of hydrogen-bond donors (Lipinski definition) is 0. The predicted molar refractivity (Wildman–Crippen MR) is 103 cm³/mol. The number of hydrogen-bond acceptors (Lipinski definition) is 3. The monoisotopic (exact) mass is 355 g/mol. The van der Waals surface area contributed by atoms with Crippen LogP contribution in [0.15, 0.2) is 36.4 Å². The van der Waals surface area contributed by atoms with Crippen LogP contribution in [-0.4, -0.2) is 73.3 Å². The zero-order valence-corrected chi connectivity index (χ0v) is 15.9. The van der Waals surface area contributed by atoms with Gasteiger partial charge in [0, 0.05) is 33.6 Å². The van der Waals surface area contributed by atoms with E-state index in [1.54, 1.807) is 19.0 Å². The third-order valence-corrected chi connectivity index (χ3v) is 5.62. The molecule has 2 aliphatic rings. The Balaban J connectivity index is 1.50. The van der Waals surface area contributed by atoms with Crippen molar-refractivity contribution in [2.45, 2.75) is 19.3 Å². The summed E-state index contributed by atoms with van der Waals surface area (Å²) in [4.78, 5) is 30.2. The van der Waals surface area contributed by atoms with Crippen LogP contribution in [0.4, 0.5) is 0 Å². The van der Waals surface area contributed by atoms with E-state index >= 15 is 0 Å². The molecule has 1 aromatic rings. The summed E-state index contributed by atoms with van der Waals surface area (Å²) in [6, 6.07) is 10.2. The molecule has 0 bridgehead atoms. The maximum atomic E-state index is 12.5. The lowest BCUT2D eigenvalue weighted by Crippen LogP contribution is -2.45. The van der Waals surface area contributed by atoms with Gasteiger partial charge < -0.3 is 9.80 Å². The van der Waals surface area contributed by atoms with Crippen LogP contribution >= 0.6 is 0 Å². The van der Waals surface area contributed by atoms with Gasteiger partial charge in [0.25, 0.3) is 0 Å². The van der Waals surface area contributed by atoms with E-state index in [0.29, 0.717) is 19.5 Å². The van der Waals surface area contributed by atoms with E-state index in [2.05, 4.69) is 29.2 Å². The van der Waals surface area contributed by atoms with Gasteiger partial charge >= 0.3 is 0 Å². The standard InChI is InChI=1S/C21H29N3O2/c1-22(2)20(26)16-23-13-10-21(11-14-23)15-19(25)24(17-21)12-6-9-18-7-4-3-5-8-18/h3-9H,10-17H2,1-2H3. The van der Waals surface area contributed by atoms with Gasteiger partial charge in [-0.25, -0.2) is 0 Å². The summed E-state index contributed by atoms with van der Waals surface area (Å²) >= 11 is 0. The Labute approximate surface area is 156 Å². The molecule has 2 heterocycles. The van der Waals surface area contributed by atoms with E-state index in [1.165, 1.54) is 0 Å². The summed E-state index contributed by atoms with van der Waals surface area (Å²) in [5, 5.41) is 0. The Morgan fingerprint density at radius 2 is 1.88 bits per heavy atom. The summed E-state index contributed by atoms with van der Waals surface area (Å²) in [5.41, 5.74) is 1.27. The summed E-state index contributed by atoms with van der Waals surface area (Å²) in [7, 11) is 3.59. The number of carbonyl (C=O) groups is 2. The molecular formula is C21H29N3O2. The van der Waals surface area contributed by atoms with Crippen molar-refractivity contribution < 1.29 is 9.59 Å². The first kappa shape index (κ1) is 18.6. The highest BCUT2D eigenvalue weighted by Gasteiger charge is 2.44. The van der Waals surface area contributed by atoms with Crippen LogP contribution in [0.2, 0.25) is 0 Å². The molecule has 0 N–H and O–H groups in total. The second-order valence-corrected chi connectivity index (χ2v) is 7.83. The summed E-state index contributed by atoms with van der Waals surface area (Å²) < 4.78 is 0. The van der Waals surface area contributed by atoms with E-state index < -0.39 is 0 Å². The van der Waals surface area contributed by atoms with Crippen LogP contribution in [0.5, 0.6) is 0 Å². The van der Waals surface area contributed by atoms with E-state index in [9.17, 15) is 9.59 Å². The van der Waals surface area contributed by atoms with Gasteiger partial charge in [-0.3, -0.25) is 14.5 Å².